The average Bonchev–Trinajstić information content (AvgIpc) is 2.55. The summed E-state index contributed by atoms with van der Waals surface area (Å²) in [7, 11) is 1.52. The van der Waals surface area contributed by atoms with Gasteiger partial charge >= 0.3 is 0 Å². The van der Waals surface area contributed by atoms with Gasteiger partial charge < -0.3 is 10.4 Å². The third kappa shape index (κ3) is 3.01. The van der Waals surface area contributed by atoms with E-state index < -0.39 is 0 Å². The van der Waals surface area contributed by atoms with Crippen molar-refractivity contribution in [2.24, 2.45) is 13.0 Å². The maximum atomic E-state index is 12.5. The van der Waals surface area contributed by atoms with Gasteiger partial charge in [-0.15, -0.1) is 0 Å². The third-order valence-electron chi connectivity index (χ3n) is 4.02. The number of carbonyl (C=O) groups excluding carboxylic acids is 1. The van der Waals surface area contributed by atoms with Gasteiger partial charge in [0.2, 0.25) is 0 Å². The summed E-state index contributed by atoms with van der Waals surface area (Å²) in [5, 5.41) is 17.3. The first-order valence-electron chi connectivity index (χ1n) is 7.37. The molecule has 1 heterocycles. The van der Waals surface area contributed by atoms with E-state index in [1.165, 1.54) is 7.05 Å². The zero-order valence-corrected chi connectivity index (χ0v) is 13.0. The number of carbonyl (C=O) groups is 1. The van der Waals surface area contributed by atoms with Crippen LogP contribution in [0.5, 0.6) is 0 Å². The van der Waals surface area contributed by atoms with E-state index in [1.54, 1.807) is 24.3 Å². The van der Waals surface area contributed by atoms with Crippen LogP contribution in [0.4, 0.5) is 0 Å². The van der Waals surface area contributed by atoms with Gasteiger partial charge in [-0.3, -0.25) is 9.59 Å². The number of fused-ring (bicyclic) bond motifs is 1. The lowest BCUT2D eigenvalue weighted by molar-refractivity contribution is 0.0886. The largest absolute Gasteiger partial charge is 0.394 e. The fourth-order valence-corrected chi connectivity index (χ4v) is 2.36. The van der Waals surface area contributed by atoms with E-state index in [9.17, 15) is 14.7 Å². The number of amides is 1. The molecule has 6 nitrogen and oxygen atoms in total. The van der Waals surface area contributed by atoms with Crippen molar-refractivity contribution in [1.82, 2.24) is 15.1 Å². The van der Waals surface area contributed by atoms with Gasteiger partial charge in [0.15, 0.2) is 5.69 Å². The Morgan fingerprint density at radius 2 is 2.00 bits per heavy atom. The van der Waals surface area contributed by atoms with Crippen LogP contribution in [0.25, 0.3) is 10.8 Å². The van der Waals surface area contributed by atoms with Gasteiger partial charge in [0.25, 0.3) is 11.5 Å². The van der Waals surface area contributed by atoms with Crippen LogP contribution in [0.1, 0.15) is 30.8 Å². The normalized spacial score (nSPS) is 13.8. The van der Waals surface area contributed by atoms with E-state index in [-0.39, 0.29) is 35.7 Å². The Morgan fingerprint density at radius 3 is 2.59 bits per heavy atom. The molecule has 2 unspecified atom stereocenters. The number of aryl methyl sites for hydroxylation is 1. The molecule has 2 rings (SSSR count). The van der Waals surface area contributed by atoms with Crippen molar-refractivity contribution in [2.75, 3.05) is 6.61 Å². The van der Waals surface area contributed by atoms with Crippen molar-refractivity contribution in [3.05, 3.63) is 40.3 Å². The molecule has 0 saturated carbocycles. The summed E-state index contributed by atoms with van der Waals surface area (Å²) in [4.78, 5) is 24.6. The number of rotatable bonds is 5. The van der Waals surface area contributed by atoms with Gasteiger partial charge in [-0.25, -0.2) is 4.68 Å². The lowest BCUT2D eigenvalue weighted by Crippen LogP contribution is -2.42. The van der Waals surface area contributed by atoms with E-state index in [1.807, 2.05) is 13.8 Å². The van der Waals surface area contributed by atoms with Gasteiger partial charge in [0, 0.05) is 12.4 Å². The summed E-state index contributed by atoms with van der Waals surface area (Å²) in [6.07, 6.45) is 0.840. The Kier molecular flexibility index (Phi) is 4.92. The second-order valence-electron chi connectivity index (χ2n) is 5.47. The van der Waals surface area contributed by atoms with Crippen molar-refractivity contribution in [3.8, 4) is 0 Å². The number of benzene rings is 1. The minimum absolute atomic E-state index is 0.134. The average molecular weight is 303 g/mol. The molecule has 0 aliphatic heterocycles. The zero-order chi connectivity index (χ0) is 16.3. The van der Waals surface area contributed by atoms with Gasteiger partial charge in [0.1, 0.15) is 0 Å². The predicted molar refractivity (Wildman–Crippen MR) is 84.8 cm³/mol. The molecule has 0 bridgehead atoms. The van der Waals surface area contributed by atoms with Crippen molar-refractivity contribution < 1.29 is 9.90 Å². The molecule has 1 amide bonds. The number of hydrogen-bond acceptors (Lipinski definition) is 4. The van der Waals surface area contributed by atoms with Crippen LogP contribution < -0.4 is 10.9 Å². The molecule has 0 aliphatic rings. The molecule has 0 spiro atoms. The van der Waals surface area contributed by atoms with Gasteiger partial charge in [0.05, 0.1) is 18.0 Å². The Hall–Kier alpha value is -2.21. The van der Waals surface area contributed by atoms with E-state index in [0.29, 0.717) is 10.8 Å². The number of nitrogens with one attached hydrogen (secondary N) is 1. The molecule has 2 aromatic rings. The summed E-state index contributed by atoms with van der Waals surface area (Å²) in [6.45, 7) is 3.83. The van der Waals surface area contributed by atoms with Gasteiger partial charge in [-0.2, -0.15) is 5.10 Å². The molecule has 0 fully saturated rings. The molecule has 118 valence electrons. The molecular formula is C16H21N3O3. The van der Waals surface area contributed by atoms with Crippen LogP contribution in [0.15, 0.2) is 29.1 Å². The molecule has 0 aliphatic carbocycles. The fourth-order valence-electron chi connectivity index (χ4n) is 2.36. The van der Waals surface area contributed by atoms with Crippen molar-refractivity contribution >= 4 is 16.7 Å². The van der Waals surface area contributed by atoms with Crippen molar-refractivity contribution in [2.45, 2.75) is 26.3 Å². The lowest BCUT2D eigenvalue weighted by atomic mass is 9.99. The number of aromatic nitrogens is 2. The SMILES string of the molecule is CCC(C)C(CO)NC(=O)c1nn(C)c(=O)c2ccccc12. The first-order chi connectivity index (χ1) is 10.5. The summed E-state index contributed by atoms with van der Waals surface area (Å²) in [5.74, 6) is -0.237. The molecule has 6 heteroatoms. The van der Waals surface area contributed by atoms with E-state index in [4.69, 9.17) is 0 Å². The van der Waals surface area contributed by atoms with Crippen LogP contribution in [0.2, 0.25) is 0 Å². The first kappa shape index (κ1) is 16.2. The van der Waals surface area contributed by atoms with E-state index in [0.717, 1.165) is 11.1 Å². The number of aliphatic hydroxyl groups excluding tert-OH is 1. The molecule has 0 radical (unpaired) electrons. The van der Waals surface area contributed by atoms with Crippen molar-refractivity contribution in [3.63, 3.8) is 0 Å². The highest BCUT2D eigenvalue weighted by Crippen LogP contribution is 2.14. The van der Waals surface area contributed by atoms with Crippen molar-refractivity contribution in [1.29, 1.82) is 0 Å². The third-order valence-corrected chi connectivity index (χ3v) is 4.02. The molecule has 1 aromatic carbocycles. The maximum absolute atomic E-state index is 12.5. The van der Waals surface area contributed by atoms with Crippen LogP contribution in [0, 0.1) is 5.92 Å². The smallest absolute Gasteiger partial charge is 0.274 e. The van der Waals surface area contributed by atoms with E-state index in [2.05, 4.69) is 10.4 Å². The second-order valence-corrected chi connectivity index (χ2v) is 5.47. The van der Waals surface area contributed by atoms with Crippen LogP contribution in [-0.4, -0.2) is 33.4 Å². The number of hydrogen-bond donors (Lipinski definition) is 2. The molecule has 22 heavy (non-hydrogen) atoms. The molecule has 1 aromatic heterocycles. The molecular weight excluding hydrogens is 282 g/mol. The highest BCUT2D eigenvalue weighted by atomic mass is 16.3. The van der Waals surface area contributed by atoms with Crippen LogP contribution in [0.3, 0.4) is 0 Å². The first-order valence-corrected chi connectivity index (χ1v) is 7.37. The summed E-state index contributed by atoms with van der Waals surface area (Å²) >= 11 is 0. The fraction of sp³-hybridized carbons (Fsp3) is 0.438. The molecule has 0 saturated heterocycles. The highest BCUT2D eigenvalue weighted by molar-refractivity contribution is 6.04. The number of aliphatic hydroxyl groups is 1. The molecule has 2 N–H and O–H groups in total. The summed E-state index contributed by atoms with van der Waals surface area (Å²) in [6, 6.07) is 6.55. The standard InChI is InChI=1S/C16H21N3O3/c1-4-10(2)13(9-20)17-15(21)14-11-7-5-6-8-12(11)16(22)19(3)18-14/h5-8,10,13,20H,4,9H2,1-3H3,(H,17,21). The Labute approximate surface area is 128 Å². The Bertz CT molecular complexity index is 739. The summed E-state index contributed by atoms with van der Waals surface area (Å²) in [5.41, 5.74) is -0.0489. The Morgan fingerprint density at radius 1 is 1.36 bits per heavy atom. The monoisotopic (exact) mass is 303 g/mol. The topological polar surface area (TPSA) is 84.2 Å². The second kappa shape index (κ2) is 6.70. The zero-order valence-electron chi connectivity index (χ0n) is 13.0. The van der Waals surface area contributed by atoms with Crippen LogP contribution in [-0.2, 0) is 7.05 Å². The molecule has 2 atom stereocenters. The highest BCUT2D eigenvalue weighted by Gasteiger charge is 2.21. The van der Waals surface area contributed by atoms with Crippen LogP contribution >= 0.6 is 0 Å². The quantitative estimate of drug-likeness (QED) is 0.865. The minimum atomic E-state index is -0.383. The Balaban J connectivity index is 2.44. The van der Waals surface area contributed by atoms with Gasteiger partial charge in [-0.1, -0.05) is 38.5 Å². The van der Waals surface area contributed by atoms with E-state index >= 15 is 0 Å². The number of nitrogens with zero attached hydrogens (tertiary/aromatic N) is 2. The van der Waals surface area contributed by atoms with Gasteiger partial charge in [-0.05, 0) is 12.0 Å². The predicted octanol–water partition coefficient (Wildman–Crippen LogP) is 1.07. The maximum Gasteiger partial charge on any atom is 0.274 e. The minimum Gasteiger partial charge on any atom is -0.394 e. The lowest BCUT2D eigenvalue weighted by Gasteiger charge is -2.22. The summed E-state index contributed by atoms with van der Waals surface area (Å²) < 4.78 is 1.16.